The van der Waals surface area contributed by atoms with Gasteiger partial charge < -0.3 is 10.2 Å². The molecule has 0 saturated heterocycles. The Morgan fingerprint density at radius 2 is 2.10 bits per heavy atom. The Morgan fingerprint density at radius 1 is 1.35 bits per heavy atom. The molecule has 0 fully saturated rings. The van der Waals surface area contributed by atoms with Crippen molar-refractivity contribution in [2.75, 3.05) is 24.5 Å². The van der Waals surface area contributed by atoms with Crippen molar-refractivity contribution in [3.63, 3.8) is 0 Å². The minimum atomic E-state index is 0.150. The van der Waals surface area contributed by atoms with Crippen LogP contribution in [0.1, 0.15) is 39.2 Å². The van der Waals surface area contributed by atoms with Crippen molar-refractivity contribution in [2.45, 2.75) is 40.5 Å². The quantitative estimate of drug-likeness (QED) is 0.789. The minimum Gasteiger partial charge on any atom is -0.371 e. The lowest BCUT2D eigenvalue weighted by molar-refractivity contribution is -0.120. The number of carbonyl (C=O) groups excluding carboxylic acids is 1. The van der Waals surface area contributed by atoms with Gasteiger partial charge in [-0.2, -0.15) is 0 Å². The molecule has 0 aromatic heterocycles. The van der Waals surface area contributed by atoms with Crippen LogP contribution in [0.2, 0.25) is 0 Å². The summed E-state index contributed by atoms with van der Waals surface area (Å²) in [6.07, 6.45) is 1.60. The van der Waals surface area contributed by atoms with Gasteiger partial charge in [-0.05, 0) is 43.9 Å². The fourth-order valence-corrected chi connectivity index (χ4v) is 2.12. The lowest BCUT2D eigenvalue weighted by Crippen LogP contribution is -2.31. The van der Waals surface area contributed by atoms with E-state index in [9.17, 15) is 4.79 Å². The minimum absolute atomic E-state index is 0.150. The first-order valence-electron chi connectivity index (χ1n) is 7.61. The highest BCUT2D eigenvalue weighted by molar-refractivity contribution is 5.76. The maximum Gasteiger partial charge on any atom is 0.221 e. The Morgan fingerprint density at radius 3 is 2.70 bits per heavy atom. The third-order valence-electron chi connectivity index (χ3n) is 3.40. The highest BCUT2D eigenvalue weighted by atomic mass is 16.1. The van der Waals surface area contributed by atoms with Gasteiger partial charge in [0.1, 0.15) is 0 Å². The van der Waals surface area contributed by atoms with Crippen molar-refractivity contribution in [2.24, 2.45) is 5.92 Å². The van der Waals surface area contributed by atoms with Crippen LogP contribution < -0.4 is 10.2 Å². The molecular weight excluding hydrogens is 248 g/mol. The number of amides is 1. The summed E-state index contributed by atoms with van der Waals surface area (Å²) >= 11 is 0. The van der Waals surface area contributed by atoms with Gasteiger partial charge in [-0.15, -0.1) is 0 Å². The number of benzene rings is 1. The first-order chi connectivity index (χ1) is 9.52. The van der Waals surface area contributed by atoms with Crippen molar-refractivity contribution in [1.29, 1.82) is 0 Å². The van der Waals surface area contributed by atoms with Gasteiger partial charge in [-0.3, -0.25) is 4.79 Å². The molecule has 0 aliphatic rings. The van der Waals surface area contributed by atoms with Crippen LogP contribution in [-0.2, 0) is 4.79 Å². The highest BCUT2D eigenvalue weighted by Crippen LogP contribution is 2.15. The molecule has 0 atom stereocenters. The number of hydrogen-bond donors (Lipinski definition) is 1. The zero-order chi connectivity index (χ0) is 15.0. The van der Waals surface area contributed by atoms with E-state index >= 15 is 0 Å². The van der Waals surface area contributed by atoms with E-state index in [4.69, 9.17) is 0 Å². The van der Waals surface area contributed by atoms with Crippen molar-refractivity contribution in [1.82, 2.24) is 5.32 Å². The number of nitrogens with zero attached hydrogens (tertiary/aromatic N) is 1. The molecule has 1 N–H and O–H groups in total. The van der Waals surface area contributed by atoms with E-state index in [2.05, 4.69) is 62.2 Å². The first-order valence-corrected chi connectivity index (χ1v) is 7.61. The number of rotatable bonds is 8. The maximum atomic E-state index is 11.8. The fourth-order valence-electron chi connectivity index (χ4n) is 2.12. The summed E-state index contributed by atoms with van der Waals surface area (Å²) < 4.78 is 0. The topological polar surface area (TPSA) is 32.3 Å². The predicted octanol–water partition coefficient (Wildman–Crippen LogP) is 3.37. The molecule has 1 aromatic rings. The summed E-state index contributed by atoms with van der Waals surface area (Å²) in [5.74, 6) is 0.784. The van der Waals surface area contributed by atoms with Gasteiger partial charge in [-0.1, -0.05) is 26.0 Å². The molecule has 1 rings (SSSR count). The van der Waals surface area contributed by atoms with Crippen molar-refractivity contribution < 1.29 is 4.79 Å². The SMILES string of the molecule is CCN(CCC(=O)NCCC(C)C)c1cccc(C)c1. The van der Waals surface area contributed by atoms with Crippen LogP contribution in [0, 0.1) is 12.8 Å². The largest absolute Gasteiger partial charge is 0.371 e. The number of nitrogens with one attached hydrogen (secondary N) is 1. The molecule has 20 heavy (non-hydrogen) atoms. The van der Waals surface area contributed by atoms with Gasteiger partial charge in [0.15, 0.2) is 0 Å². The van der Waals surface area contributed by atoms with E-state index in [0.29, 0.717) is 12.3 Å². The van der Waals surface area contributed by atoms with Crippen LogP contribution in [-0.4, -0.2) is 25.5 Å². The van der Waals surface area contributed by atoms with Crippen LogP contribution in [0.4, 0.5) is 5.69 Å². The van der Waals surface area contributed by atoms with Gasteiger partial charge in [0.05, 0.1) is 0 Å². The van der Waals surface area contributed by atoms with Gasteiger partial charge in [0.25, 0.3) is 0 Å². The molecule has 0 aliphatic heterocycles. The second-order valence-electron chi connectivity index (χ2n) is 5.70. The first kappa shape index (κ1) is 16.5. The second kappa shape index (κ2) is 8.62. The fraction of sp³-hybridized carbons (Fsp3) is 0.588. The molecule has 0 spiro atoms. The van der Waals surface area contributed by atoms with Gasteiger partial charge in [0.2, 0.25) is 5.91 Å². The number of carbonyl (C=O) groups is 1. The van der Waals surface area contributed by atoms with Gasteiger partial charge >= 0.3 is 0 Å². The Kier molecular flexibility index (Phi) is 7.13. The Hall–Kier alpha value is -1.51. The second-order valence-corrected chi connectivity index (χ2v) is 5.70. The summed E-state index contributed by atoms with van der Waals surface area (Å²) in [5, 5.41) is 2.99. The van der Waals surface area contributed by atoms with E-state index in [1.54, 1.807) is 0 Å². The predicted molar refractivity (Wildman–Crippen MR) is 86.1 cm³/mol. The molecule has 3 heteroatoms. The van der Waals surface area contributed by atoms with Crippen LogP contribution >= 0.6 is 0 Å². The lowest BCUT2D eigenvalue weighted by atomic mass is 10.1. The lowest BCUT2D eigenvalue weighted by Gasteiger charge is -2.23. The van der Waals surface area contributed by atoms with Gasteiger partial charge in [-0.25, -0.2) is 0 Å². The van der Waals surface area contributed by atoms with Crippen LogP contribution in [0.5, 0.6) is 0 Å². The summed E-state index contributed by atoms with van der Waals surface area (Å²) in [6, 6.07) is 8.43. The molecule has 0 radical (unpaired) electrons. The summed E-state index contributed by atoms with van der Waals surface area (Å²) in [7, 11) is 0. The highest BCUT2D eigenvalue weighted by Gasteiger charge is 2.07. The maximum absolute atomic E-state index is 11.8. The van der Waals surface area contributed by atoms with Crippen LogP contribution in [0.3, 0.4) is 0 Å². The average Bonchev–Trinajstić information content (AvgIpc) is 2.39. The number of hydrogen-bond acceptors (Lipinski definition) is 2. The Balaban J connectivity index is 2.40. The third kappa shape index (κ3) is 6.09. The zero-order valence-corrected chi connectivity index (χ0v) is 13.3. The molecule has 0 heterocycles. The van der Waals surface area contributed by atoms with Crippen molar-refractivity contribution in [3.05, 3.63) is 29.8 Å². The van der Waals surface area contributed by atoms with E-state index in [1.165, 1.54) is 11.3 Å². The molecule has 0 bridgehead atoms. The Bertz CT molecular complexity index is 415. The molecular formula is C17H28N2O. The van der Waals surface area contributed by atoms with E-state index in [-0.39, 0.29) is 5.91 Å². The summed E-state index contributed by atoms with van der Waals surface area (Å²) in [6.45, 7) is 11.0. The van der Waals surface area contributed by atoms with Crippen molar-refractivity contribution in [3.8, 4) is 0 Å². The standard InChI is InChI=1S/C17H28N2O/c1-5-19(16-8-6-7-15(4)13-16)12-10-17(20)18-11-9-14(2)3/h6-8,13-14H,5,9-12H2,1-4H3,(H,18,20). The van der Waals surface area contributed by atoms with Crippen molar-refractivity contribution >= 4 is 11.6 Å². The van der Waals surface area contributed by atoms with E-state index in [0.717, 1.165) is 26.1 Å². The molecule has 0 aliphatic carbocycles. The van der Waals surface area contributed by atoms with E-state index < -0.39 is 0 Å². The molecule has 3 nitrogen and oxygen atoms in total. The molecule has 112 valence electrons. The zero-order valence-electron chi connectivity index (χ0n) is 13.3. The van der Waals surface area contributed by atoms with Crippen LogP contribution in [0.15, 0.2) is 24.3 Å². The Labute approximate surface area is 123 Å². The molecule has 1 aromatic carbocycles. The normalized spacial score (nSPS) is 10.7. The average molecular weight is 276 g/mol. The number of anilines is 1. The number of aryl methyl sites for hydroxylation is 1. The monoisotopic (exact) mass is 276 g/mol. The molecule has 0 saturated carbocycles. The summed E-state index contributed by atoms with van der Waals surface area (Å²) in [4.78, 5) is 14.1. The van der Waals surface area contributed by atoms with Crippen LogP contribution in [0.25, 0.3) is 0 Å². The smallest absolute Gasteiger partial charge is 0.221 e. The third-order valence-corrected chi connectivity index (χ3v) is 3.40. The van der Waals surface area contributed by atoms with E-state index in [1.807, 2.05) is 0 Å². The van der Waals surface area contributed by atoms with Gasteiger partial charge in [0, 0.05) is 31.7 Å². The summed E-state index contributed by atoms with van der Waals surface area (Å²) in [5.41, 5.74) is 2.45. The molecule has 1 amide bonds. The molecule has 0 unspecified atom stereocenters.